The van der Waals surface area contributed by atoms with Crippen LogP contribution in [0.15, 0.2) is 48.1 Å². The van der Waals surface area contributed by atoms with E-state index in [2.05, 4.69) is 38.9 Å². The molecule has 7 heteroatoms. The van der Waals surface area contributed by atoms with Gasteiger partial charge in [-0.25, -0.2) is 9.97 Å². The summed E-state index contributed by atoms with van der Waals surface area (Å²) < 4.78 is 7.81. The first-order chi connectivity index (χ1) is 13.7. The van der Waals surface area contributed by atoms with Crippen molar-refractivity contribution >= 4 is 39.7 Å². The highest BCUT2D eigenvalue weighted by atomic mass is 35.5. The summed E-state index contributed by atoms with van der Waals surface area (Å²) in [5.41, 5.74) is 3.23. The second-order valence-electron chi connectivity index (χ2n) is 6.40. The zero-order valence-corrected chi connectivity index (χ0v) is 17.3. The van der Waals surface area contributed by atoms with Crippen molar-refractivity contribution in [2.45, 2.75) is 20.4 Å². The third-order valence-electron chi connectivity index (χ3n) is 4.55. The highest BCUT2D eigenvalue weighted by Crippen LogP contribution is 2.30. The van der Waals surface area contributed by atoms with Gasteiger partial charge in [0.25, 0.3) is 0 Å². The van der Waals surface area contributed by atoms with Crippen LogP contribution in [0.25, 0.3) is 21.5 Å². The molecule has 0 aliphatic heterocycles. The van der Waals surface area contributed by atoms with E-state index in [0.717, 1.165) is 51.2 Å². The van der Waals surface area contributed by atoms with Crippen LogP contribution in [0, 0.1) is 6.92 Å². The fourth-order valence-electron chi connectivity index (χ4n) is 3.26. The van der Waals surface area contributed by atoms with Crippen LogP contribution in [0.3, 0.4) is 0 Å². The number of aryl methyl sites for hydroxylation is 1. The first kappa shape index (κ1) is 18.8. The first-order valence-electron chi connectivity index (χ1n) is 9.17. The van der Waals surface area contributed by atoms with Crippen LogP contribution in [0.1, 0.15) is 12.6 Å². The van der Waals surface area contributed by atoms with Gasteiger partial charge >= 0.3 is 0 Å². The van der Waals surface area contributed by atoms with Gasteiger partial charge in [0.2, 0.25) is 0 Å². The van der Waals surface area contributed by atoms with Gasteiger partial charge in [0.1, 0.15) is 17.9 Å². The zero-order valence-electron chi connectivity index (χ0n) is 15.8. The van der Waals surface area contributed by atoms with Crippen molar-refractivity contribution < 1.29 is 4.74 Å². The smallest absolute Gasteiger partial charge is 0.130 e. The molecule has 28 heavy (non-hydrogen) atoms. The summed E-state index contributed by atoms with van der Waals surface area (Å²) in [6.45, 7) is 6.32. The molecule has 1 N–H and O–H groups in total. The number of aromatic nitrogens is 3. The van der Waals surface area contributed by atoms with Gasteiger partial charge in [0.05, 0.1) is 17.2 Å². The highest BCUT2D eigenvalue weighted by molar-refractivity contribution is 7.13. The maximum atomic E-state index is 6.32. The molecule has 5 nitrogen and oxygen atoms in total. The largest absolute Gasteiger partial charge is 0.493 e. The molecule has 3 aromatic heterocycles. The molecule has 0 spiro atoms. The number of anilines is 1. The SMILES string of the molecule is CCOc1csc(-c2cc(NCCn3c(C)cc4c(Cl)cccc43)ncn2)c1. The third-order valence-corrected chi connectivity index (χ3v) is 5.81. The number of hydrogen-bond acceptors (Lipinski definition) is 5. The Morgan fingerprint density at radius 2 is 2.11 bits per heavy atom. The van der Waals surface area contributed by atoms with Crippen LogP contribution in [0.5, 0.6) is 5.75 Å². The van der Waals surface area contributed by atoms with Crippen molar-refractivity contribution in [2.75, 3.05) is 18.5 Å². The molecule has 4 aromatic rings. The number of nitrogens with one attached hydrogen (secondary N) is 1. The van der Waals surface area contributed by atoms with E-state index < -0.39 is 0 Å². The Bertz CT molecular complexity index is 1100. The fraction of sp³-hybridized carbons (Fsp3) is 0.238. The first-order valence-corrected chi connectivity index (χ1v) is 10.4. The van der Waals surface area contributed by atoms with E-state index in [0.29, 0.717) is 6.61 Å². The molecule has 0 unspecified atom stereocenters. The molecular weight excluding hydrogens is 392 g/mol. The van der Waals surface area contributed by atoms with Crippen molar-refractivity contribution in [2.24, 2.45) is 0 Å². The number of rotatable bonds is 7. The Morgan fingerprint density at radius 3 is 2.96 bits per heavy atom. The summed E-state index contributed by atoms with van der Waals surface area (Å²) in [4.78, 5) is 9.80. The van der Waals surface area contributed by atoms with E-state index in [1.165, 1.54) is 5.69 Å². The van der Waals surface area contributed by atoms with Gasteiger partial charge < -0.3 is 14.6 Å². The molecule has 0 saturated heterocycles. The highest BCUT2D eigenvalue weighted by Gasteiger charge is 2.09. The maximum Gasteiger partial charge on any atom is 0.130 e. The summed E-state index contributed by atoms with van der Waals surface area (Å²) in [6, 6.07) is 12.1. The number of nitrogens with zero attached hydrogens (tertiary/aromatic N) is 3. The molecule has 0 saturated carbocycles. The minimum atomic E-state index is 0.658. The van der Waals surface area contributed by atoms with Crippen molar-refractivity contribution in [1.29, 1.82) is 0 Å². The maximum absolute atomic E-state index is 6.32. The Labute approximate surface area is 173 Å². The van der Waals surface area contributed by atoms with Gasteiger partial charge in [-0.1, -0.05) is 17.7 Å². The van der Waals surface area contributed by atoms with Crippen LogP contribution in [-0.4, -0.2) is 27.7 Å². The molecule has 0 radical (unpaired) electrons. The van der Waals surface area contributed by atoms with Gasteiger partial charge in [-0.05, 0) is 32.0 Å². The minimum Gasteiger partial charge on any atom is -0.493 e. The van der Waals surface area contributed by atoms with Crippen molar-refractivity contribution in [3.63, 3.8) is 0 Å². The number of halogens is 1. The van der Waals surface area contributed by atoms with Gasteiger partial charge in [-0.3, -0.25) is 0 Å². The molecule has 0 aliphatic rings. The van der Waals surface area contributed by atoms with E-state index in [-0.39, 0.29) is 0 Å². The fourth-order valence-corrected chi connectivity index (χ4v) is 4.28. The molecule has 0 atom stereocenters. The van der Waals surface area contributed by atoms with Crippen LogP contribution >= 0.6 is 22.9 Å². The number of fused-ring (bicyclic) bond motifs is 1. The Balaban J connectivity index is 1.46. The Hall–Kier alpha value is -2.57. The van der Waals surface area contributed by atoms with Crippen LogP contribution in [0.2, 0.25) is 5.02 Å². The summed E-state index contributed by atoms with van der Waals surface area (Å²) >= 11 is 7.93. The van der Waals surface area contributed by atoms with Gasteiger partial charge in [-0.15, -0.1) is 11.3 Å². The lowest BCUT2D eigenvalue weighted by Gasteiger charge is -2.10. The topological polar surface area (TPSA) is 52.0 Å². The Morgan fingerprint density at radius 1 is 1.21 bits per heavy atom. The molecule has 4 rings (SSSR count). The van der Waals surface area contributed by atoms with Gasteiger partial charge in [0.15, 0.2) is 0 Å². The lowest BCUT2D eigenvalue weighted by molar-refractivity contribution is 0.342. The molecule has 0 bridgehead atoms. The summed E-state index contributed by atoms with van der Waals surface area (Å²) in [5, 5.41) is 7.28. The molecular formula is C21H21ClN4OS. The number of benzene rings is 1. The van der Waals surface area contributed by atoms with E-state index in [1.54, 1.807) is 17.7 Å². The number of hydrogen-bond donors (Lipinski definition) is 1. The van der Waals surface area contributed by atoms with E-state index in [9.17, 15) is 0 Å². The van der Waals surface area contributed by atoms with E-state index in [1.807, 2.05) is 36.6 Å². The van der Waals surface area contributed by atoms with Crippen LogP contribution in [0.4, 0.5) is 5.82 Å². The standard InChI is InChI=1S/C21H21ClN4OS/c1-3-27-15-10-20(28-12-15)18-11-21(25-13-24-18)23-7-8-26-14(2)9-16-17(22)5-4-6-19(16)26/h4-6,9-13H,3,7-8H2,1-2H3,(H,23,24,25). The Kier molecular flexibility index (Phi) is 5.50. The second kappa shape index (κ2) is 8.20. The lowest BCUT2D eigenvalue weighted by atomic mass is 10.2. The van der Waals surface area contributed by atoms with Gasteiger partial charge in [-0.2, -0.15) is 0 Å². The van der Waals surface area contributed by atoms with Crippen molar-refractivity contribution in [3.8, 4) is 16.3 Å². The van der Waals surface area contributed by atoms with Crippen molar-refractivity contribution in [1.82, 2.24) is 14.5 Å². The average Bonchev–Trinajstić information content (AvgIpc) is 3.28. The molecule has 0 aliphatic carbocycles. The quantitative estimate of drug-likeness (QED) is 0.427. The lowest BCUT2D eigenvalue weighted by Crippen LogP contribution is -2.12. The summed E-state index contributed by atoms with van der Waals surface area (Å²) in [6.07, 6.45) is 1.59. The van der Waals surface area contributed by atoms with Crippen LogP contribution in [-0.2, 0) is 6.54 Å². The zero-order chi connectivity index (χ0) is 19.5. The summed E-state index contributed by atoms with van der Waals surface area (Å²) in [5.74, 6) is 1.69. The number of ether oxygens (including phenoxy) is 1. The molecule has 3 heterocycles. The predicted molar refractivity (Wildman–Crippen MR) is 117 cm³/mol. The summed E-state index contributed by atoms with van der Waals surface area (Å²) in [7, 11) is 0. The average molecular weight is 413 g/mol. The van der Waals surface area contributed by atoms with Crippen molar-refractivity contribution in [3.05, 3.63) is 58.8 Å². The molecule has 144 valence electrons. The molecule has 0 fully saturated rings. The van der Waals surface area contributed by atoms with E-state index in [4.69, 9.17) is 16.3 Å². The minimum absolute atomic E-state index is 0.658. The number of thiophene rings is 1. The normalized spacial score (nSPS) is 11.1. The molecule has 1 aromatic carbocycles. The van der Waals surface area contributed by atoms with Crippen LogP contribution < -0.4 is 10.1 Å². The monoisotopic (exact) mass is 412 g/mol. The van der Waals surface area contributed by atoms with Gasteiger partial charge in [0, 0.05) is 52.2 Å². The second-order valence-corrected chi connectivity index (χ2v) is 7.72. The third kappa shape index (κ3) is 3.84. The molecule has 0 amide bonds. The predicted octanol–water partition coefficient (Wildman–Crippen LogP) is 5.63. The van der Waals surface area contributed by atoms with E-state index >= 15 is 0 Å².